The Bertz CT molecular complexity index is 1020. The van der Waals surface area contributed by atoms with Crippen molar-refractivity contribution >= 4 is 11.9 Å². The van der Waals surface area contributed by atoms with Gasteiger partial charge in [-0.25, -0.2) is 0 Å². The van der Waals surface area contributed by atoms with Crippen molar-refractivity contribution in [2.24, 2.45) is 0 Å². The number of nitrogens with one attached hydrogen (secondary N) is 1. The van der Waals surface area contributed by atoms with Crippen molar-refractivity contribution in [2.45, 2.75) is 360 Å². The van der Waals surface area contributed by atoms with Crippen molar-refractivity contribution in [2.75, 3.05) is 13.2 Å². The van der Waals surface area contributed by atoms with Gasteiger partial charge in [0.25, 0.3) is 0 Å². The average Bonchev–Trinajstić information content (AvgIpc) is 3.34. The van der Waals surface area contributed by atoms with Crippen LogP contribution in [0, 0.1) is 0 Å². The molecule has 68 heavy (non-hydrogen) atoms. The predicted molar refractivity (Wildman–Crippen MR) is 297 cm³/mol. The van der Waals surface area contributed by atoms with Gasteiger partial charge in [-0.1, -0.05) is 315 Å². The van der Waals surface area contributed by atoms with Gasteiger partial charge in [-0.05, 0) is 32.1 Å². The van der Waals surface area contributed by atoms with E-state index in [1.54, 1.807) is 6.08 Å². The van der Waals surface area contributed by atoms with Gasteiger partial charge in [0.05, 0.1) is 25.4 Å². The highest BCUT2D eigenvalue weighted by Crippen LogP contribution is 2.18. The van der Waals surface area contributed by atoms with E-state index in [2.05, 4.69) is 19.2 Å². The number of carbonyl (C=O) groups excluding carboxylic acids is 2. The second-order valence-corrected chi connectivity index (χ2v) is 21.4. The van der Waals surface area contributed by atoms with Gasteiger partial charge >= 0.3 is 5.97 Å². The maximum Gasteiger partial charge on any atom is 0.305 e. The van der Waals surface area contributed by atoms with Crippen molar-refractivity contribution < 1.29 is 24.5 Å². The second-order valence-electron chi connectivity index (χ2n) is 21.4. The number of hydrogen-bond donors (Lipinski definition) is 3. The fourth-order valence-corrected chi connectivity index (χ4v) is 9.81. The first-order valence-corrected chi connectivity index (χ1v) is 31.0. The molecule has 404 valence electrons. The zero-order chi connectivity index (χ0) is 49.3. The quantitative estimate of drug-likeness (QED) is 0.0321. The molecule has 1 amide bonds. The van der Waals surface area contributed by atoms with Gasteiger partial charge in [0.2, 0.25) is 5.91 Å². The Morgan fingerprint density at radius 3 is 1.00 bits per heavy atom. The third-order valence-corrected chi connectivity index (χ3v) is 14.6. The Morgan fingerprint density at radius 2 is 0.676 bits per heavy atom. The molecule has 6 nitrogen and oxygen atoms in total. The lowest BCUT2D eigenvalue weighted by Crippen LogP contribution is -2.45. The molecule has 0 aromatic heterocycles. The second kappa shape index (κ2) is 58.2. The molecule has 0 aromatic rings. The van der Waals surface area contributed by atoms with Crippen molar-refractivity contribution in [1.29, 1.82) is 0 Å². The first-order chi connectivity index (χ1) is 33.5. The van der Waals surface area contributed by atoms with E-state index in [1.807, 2.05) is 6.08 Å². The molecule has 2 atom stereocenters. The summed E-state index contributed by atoms with van der Waals surface area (Å²) in [7, 11) is 0. The van der Waals surface area contributed by atoms with Gasteiger partial charge in [0.1, 0.15) is 0 Å². The highest BCUT2D eigenvalue weighted by atomic mass is 16.5. The Morgan fingerprint density at radius 1 is 0.397 bits per heavy atom. The molecule has 0 heterocycles. The molecule has 0 aromatic carbocycles. The summed E-state index contributed by atoms with van der Waals surface area (Å²) in [6.07, 6.45) is 69.6. The summed E-state index contributed by atoms with van der Waals surface area (Å²) in [5, 5.41) is 23.2. The highest BCUT2D eigenvalue weighted by Gasteiger charge is 2.18. The summed E-state index contributed by atoms with van der Waals surface area (Å²) in [6.45, 7) is 4.92. The Hall–Kier alpha value is -1.40. The number of aliphatic hydroxyl groups is 2. The number of aliphatic hydroxyl groups excluding tert-OH is 2. The number of carbonyl (C=O) groups is 2. The lowest BCUT2D eigenvalue weighted by Gasteiger charge is -2.20. The van der Waals surface area contributed by atoms with Gasteiger partial charge in [-0.15, -0.1) is 0 Å². The maximum absolute atomic E-state index is 12.5. The summed E-state index contributed by atoms with van der Waals surface area (Å²) in [5.41, 5.74) is 0. The molecular weight excluding hydrogens is 839 g/mol. The van der Waals surface area contributed by atoms with E-state index in [9.17, 15) is 19.8 Å². The van der Waals surface area contributed by atoms with Crippen LogP contribution in [-0.4, -0.2) is 47.4 Å². The SMILES string of the molecule is CCCCCCCCCCCCCCCCCCCCC/C=C/C(O)C(CO)NC(=O)CCCCCCCCCCCCCCCCCCCCCOC(=O)CCCCCCCCCCCCC. The molecular formula is C62H121NO5. The number of rotatable bonds is 58. The van der Waals surface area contributed by atoms with E-state index in [-0.39, 0.29) is 18.5 Å². The number of ether oxygens (including phenoxy) is 1. The lowest BCUT2D eigenvalue weighted by atomic mass is 10.0. The standard InChI is InChI=1S/C62H121NO5/c1-3-5-7-9-11-13-15-16-17-18-19-20-22-25-28-31-35-38-42-46-50-54-60(65)59(58-64)63-61(66)55-51-47-43-39-36-32-29-26-23-21-24-27-30-33-37-41-45-49-53-57-68-62(67)56-52-48-44-40-34-14-12-10-8-6-4-2/h50,54,59-60,64-65H,3-49,51-53,55-58H2,1-2H3,(H,63,66)/b54-50+. The smallest absolute Gasteiger partial charge is 0.305 e. The minimum Gasteiger partial charge on any atom is -0.466 e. The zero-order valence-corrected chi connectivity index (χ0v) is 46.1. The van der Waals surface area contributed by atoms with E-state index in [0.29, 0.717) is 19.4 Å². The zero-order valence-electron chi connectivity index (χ0n) is 46.1. The van der Waals surface area contributed by atoms with Crippen LogP contribution in [0.25, 0.3) is 0 Å². The van der Waals surface area contributed by atoms with E-state index in [0.717, 1.165) is 38.5 Å². The molecule has 0 aliphatic rings. The summed E-state index contributed by atoms with van der Waals surface area (Å²) in [5.74, 6) is -0.0583. The molecule has 0 rings (SSSR count). The predicted octanol–water partition coefficient (Wildman–Crippen LogP) is 19.2. The molecule has 0 radical (unpaired) electrons. The van der Waals surface area contributed by atoms with E-state index in [4.69, 9.17) is 4.74 Å². The third-order valence-electron chi connectivity index (χ3n) is 14.6. The first-order valence-electron chi connectivity index (χ1n) is 31.0. The van der Waals surface area contributed by atoms with E-state index in [1.165, 1.54) is 283 Å². The molecule has 2 unspecified atom stereocenters. The molecule has 0 bridgehead atoms. The molecule has 0 fully saturated rings. The Kier molecular flexibility index (Phi) is 57.0. The minimum absolute atomic E-state index is 0.00876. The van der Waals surface area contributed by atoms with Crippen LogP contribution in [-0.2, 0) is 14.3 Å². The van der Waals surface area contributed by atoms with Gasteiger partial charge in [-0.2, -0.15) is 0 Å². The summed E-state index contributed by atoms with van der Waals surface area (Å²) >= 11 is 0. The fraction of sp³-hybridized carbons (Fsp3) is 0.935. The summed E-state index contributed by atoms with van der Waals surface area (Å²) < 4.78 is 5.46. The number of amides is 1. The van der Waals surface area contributed by atoms with Crippen LogP contribution in [0.1, 0.15) is 348 Å². The van der Waals surface area contributed by atoms with Crippen LogP contribution in [0.5, 0.6) is 0 Å². The van der Waals surface area contributed by atoms with Crippen LogP contribution in [0.4, 0.5) is 0 Å². The van der Waals surface area contributed by atoms with E-state index >= 15 is 0 Å². The molecule has 6 heteroatoms. The van der Waals surface area contributed by atoms with Crippen LogP contribution in [0.15, 0.2) is 12.2 Å². The van der Waals surface area contributed by atoms with E-state index < -0.39 is 12.1 Å². The summed E-state index contributed by atoms with van der Waals surface area (Å²) in [4.78, 5) is 24.5. The number of hydrogen-bond acceptors (Lipinski definition) is 5. The van der Waals surface area contributed by atoms with Crippen LogP contribution >= 0.6 is 0 Å². The normalized spacial score (nSPS) is 12.6. The van der Waals surface area contributed by atoms with Crippen molar-refractivity contribution in [3.05, 3.63) is 12.2 Å². The number of allylic oxidation sites excluding steroid dienone is 1. The average molecular weight is 961 g/mol. The fourth-order valence-electron chi connectivity index (χ4n) is 9.81. The van der Waals surface area contributed by atoms with Crippen molar-refractivity contribution in [3.63, 3.8) is 0 Å². The van der Waals surface area contributed by atoms with Crippen LogP contribution in [0.2, 0.25) is 0 Å². The van der Waals surface area contributed by atoms with Crippen LogP contribution in [0.3, 0.4) is 0 Å². The lowest BCUT2D eigenvalue weighted by molar-refractivity contribution is -0.143. The maximum atomic E-state index is 12.5. The van der Waals surface area contributed by atoms with Crippen LogP contribution < -0.4 is 5.32 Å². The molecule has 0 spiro atoms. The summed E-state index contributed by atoms with van der Waals surface area (Å²) in [6, 6.07) is -0.630. The van der Waals surface area contributed by atoms with Crippen molar-refractivity contribution in [1.82, 2.24) is 5.32 Å². The largest absolute Gasteiger partial charge is 0.466 e. The monoisotopic (exact) mass is 960 g/mol. The first kappa shape index (κ1) is 66.6. The van der Waals surface area contributed by atoms with Gasteiger partial charge < -0.3 is 20.3 Å². The van der Waals surface area contributed by atoms with Gasteiger partial charge in [0, 0.05) is 12.8 Å². The minimum atomic E-state index is -0.846. The topological polar surface area (TPSA) is 95.9 Å². The molecule has 3 N–H and O–H groups in total. The molecule has 0 aliphatic carbocycles. The Balaban J connectivity index is 3.43. The third kappa shape index (κ3) is 53.9. The molecule has 0 saturated heterocycles. The van der Waals surface area contributed by atoms with Gasteiger partial charge in [-0.3, -0.25) is 9.59 Å². The van der Waals surface area contributed by atoms with Crippen molar-refractivity contribution in [3.8, 4) is 0 Å². The number of esters is 1. The number of unbranched alkanes of at least 4 members (excludes halogenated alkanes) is 47. The van der Waals surface area contributed by atoms with Gasteiger partial charge in [0.15, 0.2) is 0 Å². The Labute approximate surface area is 425 Å². The highest BCUT2D eigenvalue weighted by molar-refractivity contribution is 5.76. The molecule has 0 saturated carbocycles. The molecule has 0 aliphatic heterocycles.